The molecule has 152 valence electrons. The monoisotopic (exact) mass is 392 g/mol. The second-order valence-corrected chi connectivity index (χ2v) is 8.34. The lowest BCUT2D eigenvalue weighted by atomic mass is 9.78. The van der Waals surface area contributed by atoms with Crippen molar-refractivity contribution in [1.82, 2.24) is 15.2 Å². The quantitative estimate of drug-likeness (QED) is 0.618. The molecule has 1 aliphatic carbocycles. The molecule has 0 fully saturated rings. The van der Waals surface area contributed by atoms with Crippen molar-refractivity contribution in [2.75, 3.05) is 6.61 Å². The predicted molar refractivity (Wildman–Crippen MR) is 114 cm³/mol. The molecule has 0 saturated carbocycles. The fraction of sp³-hybridized carbons (Fsp3) is 0.391. The lowest BCUT2D eigenvalue weighted by Gasteiger charge is -2.33. The summed E-state index contributed by atoms with van der Waals surface area (Å²) in [5.74, 6) is 2.25. The number of H-pyrrole nitrogens is 1. The van der Waals surface area contributed by atoms with Crippen LogP contribution in [0.25, 0.3) is 22.8 Å². The Labute approximate surface area is 171 Å². The highest BCUT2D eigenvalue weighted by Crippen LogP contribution is 2.31. The number of hydrogen-bond donors (Lipinski definition) is 3. The molecule has 6 nitrogen and oxygen atoms in total. The average Bonchev–Trinajstić information content (AvgIpc) is 3.19. The van der Waals surface area contributed by atoms with Crippen LogP contribution in [0, 0.1) is 6.92 Å². The first-order valence-corrected chi connectivity index (χ1v) is 10.1. The Hall–Kier alpha value is -2.70. The van der Waals surface area contributed by atoms with E-state index >= 15 is 0 Å². The zero-order valence-corrected chi connectivity index (χ0v) is 17.2. The van der Waals surface area contributed by atoms with E-state index in [0.717, 1.165) is 41.1 Å². The number of nitrogens with two attached hydrogens (primary N) is 1. The first-order chi connectivity index (χ1) is 13.9. The van der Waals surface area contributed by atoms with Crippen LogP contribution in [0.5, 0.6) is 5.75 Å². The molecular weight excluding hydrogens is 364 g/mol. The fourth-order valence-electron chi connectivity index (χ4n) is 3.86. The van der Waals surface area contributed by atoms with Gasteiger partial charge in [0.1, 0.15) is 5.75 Å². The maximum Gasteiger partial charge on any atom is 0.181 e. The lowest BCUT2D eigenvalue weighted by Crippen LogP contribution is -2.48. The summed E-state index contributed by atoms with van der Waals surface area (Å²) in [4.78, 5) is 4.70. The number of rotatable bonds is 5. The summed E-state index contributed by atoms with van der Waals surface area (Å²) >= 11 is 0. The molecule has 0 saturated heterocycles. The number of fused-ring (bicyclic) bond motifs is 1. The van der Waals surface area contributed by atoms with Crippen LogP contribution in [0.1, 0.15) is 37.0 Å². The fourth-order valence-corrected chi connectivity index (χ4v) is 3.86. The second-order valence-electron chi connectivity index (χ2n) is 8.34. The third-order valence-electron chi connectivity index (χ3n) is 5.51. The van der Waals surface area contributed by atoms with Gasteiger partial charge in [-0.2, -0.15) is 5.10 Å². The van der Waals surface area contributed by atoms with Gasteiger partial charge in [-0.1, -0.05) is 12.1 Å². The minimum Gasteiger partial charge on any atom is -0.491 e. The predicted octanol–water partition coefficient (Wildman–Crippen LogP) is 3.41. The summed E-state index contributed by atoms with van der Waals surface area (Å²) < 4.78 is 5.81. The second kappa shape index (κ2) is 7.61. The number of nitrogens with one attached hydrogen (secondary N) is 1. The van der Waals surface area contributed by atoms with Crippen molar-refractivity contribution in [1.29, 1.82) is 0 Å². The standard InChI is InChI=1S/C23H28N4O2/c1-14(2)29-20-7-6-17(10-15(20)3)21-25-22(27-26-21)18-5-4-16-8-9-23(24,13-28)12-19(16)11-18/h4-7,10-11,14,28H,8-9,12-13,24H2,1-3H3,(H,25,26,27). The molecule has 29 heavy (non-hydrogen) atoms. The smallest absolute Gasteiger partial charge is 0.181 e. The molecule has 4 N–H and O–H groups in total. The van der Waals surface area contributed by atoms with Gasteiger partial charge in [-0.25, -0.2) is 4.98 Å². The van der Waals surface area contributed by atoms with Crippen LogP contribution in [0.2, 0.25) is 0 Å². The van der Waals surface area contributed by atoms with E-state index in [1.165, 1.54) is 11.1 Å². The van der Waals surface area contributed by atoms with Crippen LogP contribution in [0.4, 0.5) is 0 Å². The Kier molecular flexibility index (Phi) is 5.15. The van der Waals surface area contributed by atoms with Gasteiger partial charge in [0, 0.05) is 16.7 Å². The van der Waals surface area contributed by atoms with E-state index in [1.54, 1.807) is 0 Å². The van der Waals surface area contributed by atoms with Crippen molar-refractivity contribution >= 4 is 0 Å². The van der Waals surface area contributed by atoms with Crippen LogP contribution >= 0.6 is 0 Å². The molecule has 1 aromatic heterocycles. The van der Waals surface area contributed by atoms with E-state index in [9.17, 15) is 5.11 Å². The van der Waals surface area contributed by atoms with Gasteiger partial charge in [-0.3, -0.25) is 5.10 Å². The Morgan fingerprint density at radius 3 is 2.69 bits per heavy atom. The molecule has 0 bridgehead atoms. The van der Waals surface area contributed by atoms with Gasteiger partial charge in [0.2, 0.25) is 0 Å². The van der Waals surface area contributed by atoms with Crippen LogP contribution in [0.3, 0.4) is 0 Å². The third-order valence-corrected chi connectivity index (χ3v) is 5.51. The Bertz CT molecular complexity index is 1030. The van der Waals surface area contributed by atoms with Crippen molar-refractivity contribution in [2.24, 2.45) is 5.73 Å². The van der Waals surface area contributed by atoms with Gasteiger partial charge in [0.15, 0.2) is 11.6 Å². The molecular formula is C23H28N4O2. The number of benzene rings is 2. The number of aliphatic hydroxyl groups is 1. The largest absolute Gasteiger partial charge is 0.491 e. The number of nitrogens with zero attached hydrogens (tertiary/aromatic N) is 2. The SMILES string of the molecule is Cc1cc(-c2n[nH]c(-c3ccc4c(c3)CC(N)(CO)CC4)n2)ccc1OC(C)C. The van der Waals surface area contributed by atoms with Crippen LogP contribution in [-0.2, 0) is 12.8 Å². The number of aryl methyl sites for hydroxylation is 2. The molecule has 4 rings (SSSR count). The first-order valence-electron chi connectivity index (χ1n) is 10.1. The van der Waals surface area contributed by atoms with Crippen molar-refractivity contribution in [3.05, 3.63) is 53.1 Å². The highest BCUT2D eigenvalue weighted by Gasteiger charge is 2.30. The van der Waals surface area contributed by atoms with E-state index in [-0.39, 0.29) is 12.7 Å². The molecule has 1 heterocycles. The average molecular weight is 393 g/mol. The van der Waals surface area contributed by atoms with Crippen molar-refractivity contribution in [3.63, 3.8) is 0 Å². The highest BCUT2D eigenvalue weighted by atomic mass is 16.5. The molecule has 6 heteroatoms. The number of aliphatic hydroxyl groups excluding tert-OH is 1. The third kappa shape index (κ3) is 4.04. The van der Waals surface area contributed by atoms with Gasteiger partial charge in [0.25, 0.3) is 0 Å². The zero-order chi connectivity index (χ0) is 20.6. The number of aromatic amines is 1. The highest BCUT2D eigenvalue weighted by molar-refractivity contribution is 5.64. The normalized spacial score (nSPS) is 18.7. The van der Waals surface area contributed by atoms with E-state index in [2.05, 4.69) is 28.4 Å². The molecule has 1 aliphatic rings. The first kappa shape index (κ1) is 19.6. The molecule has 0 spiro atoms. The van der Waals surface area contributed by atoms with Crippen molar-refractivity contribution in [3.8, 4) is 28.5 Å². The number of hydrogen-bond acceptors (Lipinski definition) is 5. The summed E-state index contributed by atoms with van der Waals surface area (Å²) in [5.41, 5.74) is 11.2. The molecule has 0 amide bonds. The van der Waals surface area contributed by atoms with E-state index < -0.39 is 5.54 Å². The molecule has 0 aliphatic heterocycles. The Balaban J connectivity index is 1.60. The van der Waals surface area contributed by atoms with Crippen LogP contribution < -0.4 is 10.5 Å². The number of ether oxygens (including phenoxy) is 1. The van der Waals surface area contributed by atoms with Crippen LogP contribution in [0.15, 0.2) is 36.4 Å². The number of aromatic nitrogens is 3. The summed E-state index contributed by atoms with van der Waals surface area (Å²) in [6, 6.07) is 12.3. The van der Waals surface area contributed by atoms with Gasteiger partial charge in [-0.15, -0.1) is 0 Å². The molecule has 1 unspecified atom stereocenters. The van der Waals surface area contributed by atoms with Gasteiger partial charge >= 0.3 is 0 Å². The maximum absolute atomic E-state index is 9.62. The minimum absolute atomic E-state index is 0.000999. The van der Waals surface area contributed by atoms with Crippen LogP contribution in [-0.4, -0.2) is 38.5 Å². The maximum atomic E-state index is 9.62. The summed E-state index contributed by atoms with van der Waals surface area (Å²) in [6.07, 6.45) is 2.50. The van der Waals surface area contributed by atoms with E-state index in [0.29, 0.717) is 12.2 Å². The summed E-state index contributed by atoms with van der Waals surface area (Å²) in [5, 5.41) is 17.1. The topological polar surface area (TPSA) is 97.1 Å². The lowest BCUT2D eigenvalue weighted by molar-refractivity contribution is 0.181. The van der Waals surface area contributed by atoms with Crippen molar-refractivity contribution in [2.45, 2.75) is 51.7 Å². The summed E-state index contributed by atoms with van der Waals surface area (Å²) in [7, 11) is 0. The minimum atomic E-state index is -0.532. The Morgan fingerprint density at radius 2 is 1.97 bits per heavy atom. The molecule has 3 aromatic rings. The van der Waals surface area contributed by atoms with Gasteiger partial charge < -0.3 is 15.6 Å². The van der Waals surface area contributed by atoms with E-state index in [4.69, 9.17) is 15.5 Å². The molecule has 2 aromatic carbocycles. The molecule has 0 radical (unpaired) electrons. The summed E-state index contributed by atoms with van der Waals surface area (Å²) in [6.45, 7) is 6.06. The van der Waals surface area contributed by atoms with E-state index in [1.807, 2.05) is 39.0 Å². The zero-order valence-electron chi connectivity index (χ0n) is 17.2. The Morgan fingerprint density at radius 1 is 1.17 bits per heavy atom. The molecule has 1 atom stereocenters. The van der Waals surface area contributed by atoms with Crippen molar-refractivity contribution < 1.29 is 9.84 Å². The van der Waals surface area contributed by atoms with Gasteiger partial charge in [0.05, 0.1) is 12.7 Å². The van der Waals surface area contributed by atoms with Gasteiger partial charge in [-0.05, 0) is 81.0 Å².